The minimum absolute atomic E-state index is 0.00669. The van der Waals surface area contributed by atoms with Crippen LogP contribution in [-0.4, -0.2) is 70.5 Å². The molecule has 0 radical (unpaired) electrons. The number of allylic oxidation sites excluding steroid dienone is 2. The summed E-state index contributed by atoms with van der Waals surface area (Å²) in [5, 5.41) is 21.3. The summed E-state index contributed by atoms with van der Waals surface area (Å²) in [7, 11) is 2.75. The number of hydrogen-bond donors (Lipinski definition) is 3. The molecule has 0 unspecified atom stereocenters. The van der Waals surface area contributed by atoms with E-state index in [1.165, 1.54) is 43.4 Å². The number of carboxylic acids is 1. The van der Waals surface area contributed by atoms with Gasteiger partial charge < -0.3 is 19.7 Å². The first-order valence-corrected chi connectivity index (χ1v) is 18.2. The quantitative estimate of drug-likeness (QED) is 0.116. The Morgan fingerprint density at radius 1 is 0.926 bits per heavy atom. The molecule has 2 aliphatic carbocycles. The molecule has 0 spiro atoms. The first-order valence-electron chi connectivity index (χ1n) is 17.8. The Labute approximate surface area is 315 Å². The Hall–Kier alpha value is -5.43. The third-order valence-corrected chi connectivity index (χ3v) is 11.7. The van der Waals surface area contributed by atoms with Gasteiger partial charge in [0.2, 0.25) is 17.6 Å². The van der Waals surface area contributed by atoms with Gasteiger partial charge in [-0.3, -0.25) is 34.3 Å². The summed E-state index contributed by atoms with van der Waals surface area (Å²) in [5.74, 6) is -7.55. The molecule has 2 saturated heterocycles. The number of imide groups is 2. The maximum Gasteiger partial charge on any atom is 0.303 e. The molecule has 54 heavy (non-hydrogen) atoms. The minimum Gasteiger partial charge on any atom is -0.502 e. The molecule has 14 heteroatoms. The summed E-state index contributed by atoms with van der Waals surface area (Å²) < 4.78 is 25.0. The number of phenolic OH excluding ortho intramolecular Hbond substituents is 1. The monoisotopic (exact) mass is 759 g/mol. The van der Waals surface area contributed by atoms with Gasteiger partial charge in [0.15, 0.2) is 11.5 Å². The second-order valence-electron chi connectivity index (χ2n) is 14.2. The predicted molar refractivity (Wildman–Crippen MR) is 193 cm³/mol. The number of fused-ring (bicyclic) bond motifs is 4. The number of aromatic hydroxyl groups is 1. The van der Waals surface area contributed by atoms with Crippen LogP contribution < -0.4 is 14.9 Å². The topological polar surface area (TPSA) is 163 Å². The van der Waals surface area contributed by atoms with Crippen LogP contribution in [0, 0.1) is 29.5 Å². The molecule has 4 aliphatic rings. The van der Waals surface area contributed by atoms with Gasteiger partial charge in [-0.05, 0) is 91.3 Å². The molecule has 4 amide bonds. The zero-order valence-corrected chi connectivity index (χ0v) is 30.3. The number of halogens is 2. The number of nitrogens with one attached hydrogen (secondary N) is 1. The Morgan fingerprint density at radius 2 is 1.59 bits per heavy atom. The van der Waals surface area contributed by atoms with Crippen LogP contribution in [0.15, 0.2) is 72.3 Å². The third kappa shape index (κ3) is 5.94. The molecule has 3 aromatic rings. The fraction of sp³-hybridized carbons (Fsp3) is 0.375. The lowest BCUT2D eigenvalue weighted by molar-refractivity contribution is -0.141. The van der Waals surface area contributed by atoms with E-state index in [0.29, 0.717) is 46.7 Å². The summed E-state index contributed by atoms with van der Waals surface area (Å²) >= 11 is 6.36. The van der Waals surface area contributed by atoms with Crippen molar-refractivity contribution in [2.24, 2.45) is 23.7 Å². The fourth-order valence-corrected chi connectivity index (χ4v) is 9.25. The lowest BCUT2D eigenvalue weighted by atomic mass is 9.49. The number of nitrogens with zero attached hydrogens (tertiary/aromatic N) is 2. The molecule has 1 saturated carbocycles. The van der Waals surface area contributed by atoms with Crippen molar-refractivity contribution in [3.05, 3.63) is 94.3 Å². The molecule has 7 rings (SSSR count). The van der Waals surface area contributed by atoms with Gasteiger partial charge in [-0.2, -0.15) is 5.01 Å². The first kappa shape index (κ1) is 36.9. The van der Waals surface area contributed by atoms with Crippen molar-refractivity contribution in [2.75, 3.05) is 26.2 Å². The standard InChI is InChI=1S/C40H39ClFN3O9/c1-53-30-18-21(19-31(54-2)35(30)48)34-26-15-16-27-33(38(51)44(36(27)49)17-5-3-4-6-32(46)47)28(26)20-29-37(50)45(43-25-13-11-24(42)12-14-25)39(52)40(29,34)22-7-9-23(41)10-8-22/h7-15,18-19,27-29,33-34,43,48H,3-6,16-17,20H2,1-2H3,(H,46,47)/t27-,28+,29-,33-,34-,40+/m0/s1. The van der Waals surface area contributed by atoms with Gasteiger partial charge >= 0.3 is 5.97 Å². The van der Waals surface area contributed by atoms with Crippen molar-refractivity contribution in [2.45, 2.75) is 49.9 Å². The molecular formula is C40H39ClFN3O9. The highest BCUT2D eigenvalue weighted by molar-refractivity contribution is 6.30. The number of anilines is 1. The number of hydrazine groups is 1. The van der Waals surface area contributed by atoms with Crippen molar-refractivity contribution in [1.82, 2.24) is 9.91 Å². The molecule has 3 N–H and O–H groups in total. The van der Waals surface area contributed by atoms with Gasteiger partial charge in [0.05, 0.1) is 43.1 Å². The lowest BCUT2D eigenvalue weighted by Crippen LogP contribution is -2.53. The molecular weight excluding hydrogens is 721 g/mol. The number of amides is 4. The Kier molecular flexibility index (Phi) is 9.86. The van der Waals surface area contributed by atoms with Crippen LogP contribution in [0.3, 0.4) is 0 Å². The fourth-order valence-electron chi connectivity index (χ4n) is 9.12. The summed E-state index contributed by atoms with van der Waals surface area (Å²) in [6.07, 6.45) is 3.55. The summed E-state index contributed by atoms with van der Waals surface area (Å²) in [6, 6.07) is 15.1. The van der Waals surface area contributed by atoms with Gasteiger partial charge in [-0.25, -0.2) is 4.39 Å². The van der Waals surface area contributed by atoms with Gasteiger partial charge in [0, 0.05) is 23.9 Å². The lowest BCUT2D eigenvalue weighted by Gasteiger charge is -2.50. The molecule has 0 bridgehead atoms. The largest absolute Gasteiger partial charge is 0.502 e. The number of unbranched alkanes of at least 4 members (excludes halogenated alkanes) is 2. The maximum atomic E-state index is 15.3. The zero-order chi connectivity index (χ0) is 38.5. The molecule has 6 atom stereocenters. The Balaban J connectivity index is 1.39. The molecule has 2 aliphatic heterocycles. The Morgan fingerprint density at radius 3 is 2.22 bits per heavy atom. The Bertz CT molecular complexity index is 2030. The van der Waals surface area contributed by atoms with Crippen molar-refractivity contribution in [3.63, 3.8) is 0 Å². The van der Waals surface area contributed by atoms with Crippen LogP contribution >= 0.6 is 11.6 Å². The second-order valence-corrected chi connectivity index (χ2v) is 14.6. The van der Waals surface area contributed by atoms with E-state index in [-0.39, 0.29) is 54.9 Å². The third-order valence-electron chi connectivity index (χ3n) is 11.5. The van der Waals surface area contributed by atoms with Crippen molar-refractivity contribution in [1.29, 1.82) is 0 Å². The van der Waals surface area contributed by atoms with Gasteiger partial charge in [0.25, 0.3) is 11.8 Å². The van der Waals surface area contributed by atoms with Crippen LogP contribution in [0.25, 0.3) is 0 Å². The molecule has 282 valence electrons. The summed E-state index contributed by atoms with van der Waals surface area (Å²) in [5.41, 5.74) is 3.20. The smallest absolute Gasteiger partial charge is 0.303 e. The average molecular weight is 760 g/mol. The van der Waals surface area contributed by atoms with E-state index in [1.807, 2.05) is 6.08 Å². The van der Waals surface area contributed by atoms with Gasteiger partial charge in [-0.1, -0.05) is 41.8 Å². The number of phenols is 1. The number of carbonyl (C=O) groups is 5. The van der Waals surface area contributed by atoms with E-state index in [4.69, 9.17) is 26.2 Å². The van der Waals surface area contributed by atoms with E-state index in [0.717, 1.165) is 5.01 Å². The predicted octanol–water partition coefficient (Wildman–Crippen LogP) is 5.83. The number of hydrogen-bond acceptors (Lipinski definition) is 9. The number of carbonyl (C=O) groups excluding carboxylic acids is 4. The maximum absolute atomic E-state index is 15.3. The number of methoxy groups -OCH3 is 2. The zero-order valence-electron chi connectivity index (χ0n) is 29.6. The van der Waals surface area contributed by atoms with E-state index < -0.39 is 58.6 Å². The highest BCUT2D eigenvalue weighted by Gasteiger charge is 2.70. The summed E-state index contributed by atoms with van der Waals surface area (Å²) in [4.78, 5) is 70.5. The number of carboxylic acid groups (broad SMARTS) is 1. The number of aliphatic carboxylic acids is 1. The summed E-state index contributed by atoms with van der Waals surface area (Å²) in [6.45, 7) is 0.146. The number of likely N-dealkylation sites (tertiary alicyclic amines) is 1. The van der Waals surface area contributed by atoms with E-state index >= 15 is 4.79 Å². The minimum atomic E-state index is -1.63. The molecule has 2 heterocycles. The van der Waals surface area contributed by atoms with E-state index in [2.05, 4.69) is 5.43 Å². The van der Waals surface area contributed by atoms with Crippen molar-refractivity contribution in [3.8, 4) is 17.2 Å². The van der Waals surface area contributed by atoms with Crippen LogP contribution in [-0.2, 0) is 29.4 Å². The van der Waals surface area contributed by atoms with Crippen LogP contribution in [0.1, 0.15) is 55.6 Å². The molecule has 3 aromatic carbocycles. The molecule has 3 fully saturated rings. The van der Waals surface area contributed by atoms with E-state index in [9.17, 15) is 28.7 Å². The van der Waals surface area contributed by atoms with Crippen molar-refractivity contribution < 1.29 is 48.0 Å². The number of rotatable bonds is 12. The number of ether oxygens (including phenoxy) is 2. The van der Waals surface area contributed by atoms with Crippen LogP contribution in [0.2, 0.25) is 5.02 Å². The van der Waals surface area contributed by atoms with Gasteiger partial charge in [0.1, 0.15) is 5.82 Å². The van der Waals surface area contributed by atoms with Crippen LogP contribution in [0.5, 0.6) is 17.2 Å². The SMILES string of the molecule is COc1cc([C@H]2C3=CC[C@@H]4C(=O)N(CCCCCC(=O)O)C(=O)[C@@H]4[C@@H]3C[C@H]3C(=O)N(Nc4ccc(F)cc4)C(=O)[C@@]23c2ccc(Cl)cc2)cc(OC)c1O. The highest BCUT2D eigenvalue weighted by atomic mass is 35.5. The number of benzene rings is 3. The normalized spacial score (nSPS) is 25.9. The highest BCUT2D eigenvalue weighted by Crippen LogP contribution is 2.64. The van der Waals surface area contributed by atoms with Crippen LogP contribution in [0.4, 0.5) is 10.1 Å². The first-order chi connectivity index (χ1) is 25.9. The average Bonchev–Trinajstić information content (AvgIpc) is 3.53. The van der Waals surface area contributed by atoms with Gasteiger partial charge in [-0.15, -0.1) is 0 Å². The van der Waals surface area contributed by atoms with Crippen molar-refractivity contribution >= 4 is 46.9 Å². The van der Waals surface area contributed by atoms with E-state index in [1.54, 1.807) is 36.4 Å². The molecule has 0 aromatic heterocycles. The molecule has 12 nitrogen and oxygen atoms in total. The second kappa shape index (κ2) is 14.4.